The number of hydrogen-bond acceptors (Lipinski definition) is 4. The number of anilines is 1. The van der Waals surface area contributed by atoms with Gasteiger partial charge >= 0.3 is 0 Å². The van der Waals surface area contributed by atoms with Crippen molar-refractivity contribution in [2.75, 3.05) is 5.32 Å². The van der Waals surface area contributed by atoms with E-state index in [0.29, 0.717) is 5.95 Å². The van der Waals surface area contributed by atoms with Crippen LogP contribution in [0.25, 0.3) is 0 Å². The van der Waals surface area contributed by atoms with Gasteiger partial charge in [0.1, 0.15) is 0 Å². The van der Waals surface area contributed by atoms with Crippen LogP contribution in [0.15, 0.2) is 6.07 Å². The van der Waals surface area contributed by atoms with Crippen molar-refractivity contribution in [3.63, 3.8) is 0 Å². The van der Waals surface area contributed by atoms with Crippen LogP contribution in [-0.4, -0.2) is 27.2 Å². The summed E-state index contributed by atoms with van der Waals surface area (Å²) in [6.07, 6.45) is 3.89. The lowest BCUT2D eigenvalue weighted by atomic mass is 9.93. The van der Waals surface area contributed by atoms with Crippen LogP contribution in [0.3, 0.4) is 0 Å². The predicted octanol–water partition coefficient (Wildman–Crippen LogP) is 1.81. The van der Waals surface area contributed by atoms with E-state index >= 15 is 0 Å². The number of nitrogens with one attached hydrogen (secondary N) is 1. The van der Waals surface area contributed by atoms with Crippen LogP contribution in [0.5, 0.6) is 0 Å². The van der Waals surface area contributed by atoms with Gasteiger partial charge in [-0.15, -0.1) is 0 Å². The summed E-state index contributed by atoms with van der Waals surface area (Å²) in [5.41, 5.74) is 1.92. The molecule has 0 saturated heterocycles. The van der Waals surface area contributed by atoms with E-state index in [1.54, 1.807) is 0 Å². The highest BCUT2D eigenvalue weighted by molar-refractivity contribution is 5.29. The molecule has 0 amide bonds. The summed E-state index contributed by atoms with van der Waals surface area (Å²) in [6.45, 7) is 3.91. The van der Waals surface area contributed by atoms with E-state index in [1.807, 2.05) is 19.9 Å². The topological polar surface area (TPSA) is 58.0 Å². The first-order valence-corrected chi connectivity index (χ1v) is 5.92. The molecule has 4 nitrogen and oxygen atoms in total. The van der Waals surface area contributed by atoms with E-state index in [9.17, 15) is 5.11 Å². The highest BCUT2D eigenvalue weighted by atomic mass is 16.3. The van der Waals surface area contributed by atoms with Crippen LogP contribution < -0.4 is 5.32 Å². The maximum Gasteiger partial charge on any atom is 0.223 e. The quantitative estimate of drug-likeness (QED) is 0.799. The Kier molecular flexibility index (Phi) is 3.39. The third kappa shape index (κ3) is 2.70. The van der Waals surface area contributed by atoms with Crippen molar-refractivity contribution in [2.24, 2.45) is 0 Å². The zero-order chi connectivity index (χ0) is 11.5. The molecule has 88 valence electrons. The molecule has 16 heavy (non-hydrogen) atoms. The van der Waals surface area contributed by atoms with Gasteiger partial charge in [-0.2, -0.15) is 0 Å². The molecule has 0 bridgehead atoms. The molecule has 0 aliphatic heterocycles. The Labute approximate surface area is 96.1 Å². The maximum absolute atomic E-state index is 9.85. The van der Waals surface area contributed by atoms with Crippen molar-refractivity contribution in [2.45, 2.75) is 51.7 Å². The summed E-state index contributed by atoms with van der Waals surface area (Å²) < 4.78 is 0. The number of hydrogen-bond donors (Lipinski definition) is 2. The van der Waals surface area contributed by atoms with Gasteiger partial charge in [-0.1, -0.05) is 12.8 Å². The first kappa shape index (κ1) is 11.3. The highest BCUT2D eigenvalue weighted by Gasteiger charge is 2.23. The molecule has 0 unspecified atom stereocenters. The van der Waals surface area contributed by atoms with Gasteiger partial charge in [0.05, 0.1) is 12.1 Å². The Morgan fingerprint density at radius 1 is 1.19 bits per heavy atom. The van der Waals surface area contributed by atoms with Gasteiger partial charge in [-0.25, -0.2) is 9.97 Å². The lowest BCUT2D eigenvalue weighted by Crippen LogP contribution is -2.36. The number of rotatable bonds is 2. The molecule has 2 atom stereocenters. The monoisotopic (exact) mass is 221 g/mol. The smallest absolute Gasteiger partial charge is 0.223 e. The summed E-state index contributed by atoms with van der Waals surface area (Å²) in [6, 6.07) is 2.05. The second-order valence-electron chi connectivity index (χ2n) is 4.58. The lowest BCUT2D eigenvalue weighted by molar-refractivity contribution is 0.116. The molecule has 1 aromatic rings. The molecule has 2 rings (SSSR count). The van der Waals surface area contributed by atoms with Crippen molar-refractivity contribution in [1.82, 2.24) is 9.97 Å². The van der Waals surface area contributed by atoms with Gasteiger partial charge in [0.25, 0.3) is 0 Å². The number of aliphatic hydroxyl groups excluding tert-OH is 1. The van der Waals surface area contributed by atoms with Crippen LogP contribution in [0.4, 0.5) is 5.95 Å². The molecule has 1 aliphatic rings. The highest BCUT2D eigenvalue weighted by Crippen LogP contribution is 2.21. The number of aromatic nitrogens is 2. The average Bonchev–Trinajstić information content (AvgIpc) is 2.20. The molecule has 0 aromatic carbocycles. The molecule has 0 radical (unpaired) electrons. The molecule has 1 fully saturated rings. The van der Waals surface area contributed by atoms with Gasteiger partial charge in [0, 0.05) is 11.4 Å². The van der Waals surface area contributed by atoms with Crippen LogP contribution in [0.1, 0.15) is 37.1 Å². The van der Waals surface area contributed by atoms with Gasteiger partial charge in [0.2, 0.25) is 5.95 Å². The van der Waals surface area contributed by atoms with Crippen molar-refractivity contribution >= 4 is 5.95 Å². The van der Waals surface area contributed by atoms with E-state index in [0.717, 1.165) is 30.7 Å². The first-order chi connectivity index (χ1) is 7.65. The summed E-state index contributed by atoms with van der Waals surface area (Å²) in [5, 5.41) is 13.1. The van der Waals surface area contributed by atoms with Crippen LogP contribution in [0.2, 0.25) is 0 Å². The predicted molar refractivity (Wildman–Crippen MR) is 63.4 cm³/mol. The van der Waals surface area contributed by atoms with E-state index < -0.39 is 0 Å². The normalized spacial score (nSPS) is 25.4. The molecule has 1 heterocycles. The molecule has 1 aromatic heterocycles. The van der Waals surface area contributed by atoms with Crippen LogP contribution >= 0.6 is 0 Å². The Morgan fingerprint density at radius 2 is 1.81 bits per heavy atom. The Hall–Kier alpha value is -1.16. The first-order valence-electron chi connectivity index (χ1n) is 5.92. The third-order valence-electron chi connectivity index (χ3n) is 3.03. The second-order valence-corrected chi connectivity index (χ2v) is 4.58. The van der Waals surface area contributed by atoms with E-state index in [-0.39, 0.29) is 12.1 Å². The average molecular weight is 221 g/mol. The van der Waals surface area contributed by atoms with Crippen molar-refractivity contribution < 1.29 is 5.11 Å². The Bertz CT molecular complexity index is 347. The fraction of sp³-hybridized carbons (Fsp3) is 0.667. The van der Waals surface area contributed by atoms with Crippen molar-refractivity contribution in [3.8, 4) is 0 Å². The molecular formula is C12H19N3O. The van der Waals surface area contributed by atoms with Crippen molar-refractivity contribution in [3.05, 3.63) is 17.5 Å². The maximum atomic E-state index is 9.85. The number of nitrogens with zero attached hydrogens (tertiary/aromatic N) is 2. The fourth-order valence-corrected chi connectivity index (χ4v) is 2.24. The van der Waals surface area contributed by atoms with Crippen molar-refractivity contribution in [1.29, 1.82) is 0 Å². The Balaban J connectivity index is 2.07. The molecule has 2 N–H and O–H groups in total. The van der Waals surface area contributed by atoms with Gasteiger partial charge < -0.3 is 10.4 Å². The van der Waals surface area contributed by atoms with E-state index in [4.69, 9.17) is 0 Å². The third-order valence-corrected chi connectivity index (χ3v) is 3.03. The van der Waals surface area contributed by atoms with Gasteiger partial charge in [0.15, 0.2) is 0 Å². The Morgan fingerprint density at radius 3 is 2.44 bits per heavy atom. The fourth-order valence-electron chi connectivity index (χ4n) is 2.24. The molecular weight excluding hydrogens is 202 g/mol. The molecule has 4 heteroatoms. The molecule has 1 aliphatic carbocycles. The van der Waals surface area contributed by atoms with Gasteiger partial charge in [-0.05, 0) is 32.8 Å². The molecule has 1 saturated carbocycles. The zero-order valence-electron chi connectivity index (χ0n) is 9.90. The summed E-state index contributed by atoms with van der Waals surface area (Å²) in [5.74, 6) is 0.642. The minimum atomic E-state index is -0.266. The van der Waals surface area contributed by atoms with Crippen LogP contribution in [-0.2, 0) is 0 Å². The van der Waals surface area contributed by atoms with E-state index in [2.05, 4.69) is 15.3 Å². The SMILES string of the molecule is Cc1cc(C)nc(N[C@@H]2CCCC[C@@H]2O)n1. The number of aliphatic hydroxyl groups is 1. The summed E-state index contributed by atoms with van der Waals surface area (Å²) >= 11 is 0. The molecule has 0 spiro atoms. The largest absolute Gasteiger partial charge is 0.391 e. The summed E-state index contributed by atoms with van der Waals surface area (Å²) in [7, 11) is 0. The van der Waals surface area contributed by atoms with Crippen LogP contribution in [0, 0.1) is 13.8 Å². The lowest BCUT2D eigenvalue weighted by Gasteiger charge is -2.28. The minimum absolute atomic E-state index is 0.106. The minimum Gasteiger partial charge on any atom is -0.391 e. The van der Waals surface area contributed by atoms with E-state index in [1.165, 1.54) is 6.42 Å². The zero-order valence-corrected chi connectivity index (χ0v) is 9.90. The standard InChI is InChI=1S/C12H19N3O/c1-8-7-9(2)14-12(13-8)15-10-5-3-4-6-11(10)16/h7,10-11,16H,3-6H2,1-2H3,(H,13,14,15)/t10-,11+/m1/s1. The van der Waals surface area contributed by atoms with Gasteiger partial charge in [-0.3, -0.25) is 0 Å². The summed E-state index contributed by atoms with van der Waals surface area (Å²) in [4.78, 5) is 8.66. The second kappa shape index (κ2) is 4.78. The number of aryl methyl sites for hydroxylation is 2.